The Balaban J connectivity index is 1.24. The normalized spacial score (nSPS) is 25.3. The van der Waals surface area contributed by atoms with Gasteiger partial charge in [-0.1, -0.05) is 42.5 Å². The summed E-state index contributed by atoms with van der Waals surface area (Å²) in [4.78, 5) is 5.29. The summed E-state index contributed by atoms with van der Waals surface area (Å²) < 4.78 is 6.45. The first-order chi connectivity index (χ1) is 13.9. The van der Waals surface area contributed by atoms with Crippen LogP contribution in [0, 0.1) is 0 Å². The average molecular weight is 377 g/mol. The van der Waals surface area contributed by atoms with Crippen molar-refractivity contribution in [3.63, 3.8) is 0 Å². The second-order valence-electron chi connectivity index (χ2n) is 8.68. The molecule has 3 heteroatoms. The molecule has 0 bridgehead atoms. The summed E-state index contributed by atoms with van der Waals surface area (Å²) in [5, 5.41) is 0. The van der Waals surface area contributed by atoms with E-state index >= 15 is 0 Å². The van der Waals surface area contributed by atoms with Gasteiger partial charge < -0.3 is 4.74 Å². The third-order valence-electron chi connectivity index (χ3n) is 6.94. The summed E-state index contributed by atoms with van der Waals surface area (Å²) in [5.41, 5.74) is 4.42. The van der Waals surface area contributed by atoms with E-state index in [2.05, 4.69) is 58.3 Å². The molecule has 3 nitrogen and oxygen atoms in total. The molecule has 2 heterocycles. The molecule has 2 aromatic rings. The van der Waals surface area contributed by atoms with Crippen molar-refractivity contribution in [2.24, 2.45) is 0 Å². The molecule has 0 amide bonds. The average Bonchev–Trinajstić information content (AvgIpc) is 3.48. The van der Waals surface area contributed by atoms with Gasteiger partial charge in [-0.15, -0.1) is 0 Å². The summed E-state index contributed by atoms with van der Waals surface area (Å²) in [6.45, 7) is 5.58. The van der Waals surface area contributed by atoms with Crippen molar-refractivity contribution < 1.29 is 4.74 Å². The fraction of sp³-hybridized carbons (Fsp3) is 0.520. The van der Waals surface area contributed by atoms with Gasteiger partial charge in [-0.25, -0.2) is 0 Å². The number of nitrogens with zero attached hydrogens (tertiary/aromatic N) is 2. The molecular weight excluding hydrogens is 344 g/mol. The first-order valence-electron chi connectivity index (χ1n) is 11.1. The molecule has 28 heavy (non-hydrogen) atoms. The molecule has 0 spiro atoms. The molecular formula is C25H32N2O. The molecule has 2 saturated heterocycles. The van der Waals surface area contributed by atoms with E-state index in [1.807, 2.05) is 0 Å². The maximum Gasteiger partial charge on any atom is 0.122 e. The van der Waals surface area contributed by atoms with E-state index in [9.17, 15) is 0 Å². The number of hydrogen-bond acceptors (Lipinski definition) is 3. The molecule has 0 N–H and O–H groups in total. The number of fused-ring (bicyclic) bond motifs is 1. The van der Waals surface area contributed by atoms with Gasteiger partial charge in [0.25, 0.3) is 0 Å². The van der Waals surface area contributed by atoms with Gasteiger partial charge in [-0.05, 0) is 80.9 Å². The zero-order valence-corrected chi connectivity index (χ0v) is 16.9. The zero-order chi connectivity index (χ0) is 18.8. The largest absolute Gasteiger partial charge is 0.492 e. The van der Waals surface area contributed by atoms with E-state index in [-0.39, 0.29) is 0 Å². The number of likely N-dealkylation sites (tertiary alicyclic amines) is 2. The van der Waals surface area contributed by atoms with Crippen LogP contribution in [0.15, 0.2) is 48.5 Å². The quantitative estimate of drug-likeness (QED) is 0.719. The lowest BCUT2D eigenvalue weighted by atomic mass is 10.1. The van der Waals surface area contributed by atoms with Gasteiger partial charge in [0.05, 0.1) is 0 Å². The molecule has 2 aromatic carbocycles. The second kappa shape index (κ2) is 8.26. The Morgan fingerprint density at radius 3 is 2.57 bits per heavy atom. The Kier molecular flexibility index (Phi) is 5.37. The summed E-state index contributed by atoms with van der Waals surface area (Å²) in [5.74, 6) is 1.14. The van der Waals surface area contributed by atoms with Crippen LogP contribution in [0.5, 0.6) is 5.75 Å². The van der Waals surface area contributed by atoms with Crippen LogP contribution >= 0.6 is 0 Å². The SMILES string of the molecule is c1ccc(CN2CCCC2COc2cccc3c2CCC3N2CCCC2)cc1. The van der Waals surface area contributed by atoms with E-state index in [1.54, 1.807) is 0 Å². The molecule has 5 rings (SSSR count). The lowest BCUT2D eigenvalue weighted by Crippen LogP contribution is -2.33. The van der Waals surface area contributed by atoms with Gasteiger partial charge in [-0.2, -0.15) is 0 Å². The smallest absolute Gasteiger partial charge is 0.122 e. The van der Waals surface area contributed by atoms with E-state index in [4.69, 9.17) is 4.74 Å². The summed E-state index contributed by atoms with van der Waals surface area (Å²) in [7, 11) is 0. The summed E-state index contributed by atoms with van der Waals surface area (Å²) >= 11 is 0. The number of rotatable bonds is 6. The first-order valence-corrected chi connectivity index (χ1v) is 11.1. The molecule has 2 atom stereocenters. The molecule has 0 aromatic heterocycles. The maximum absolute atomic E-state index is 6.45. The van der Waals surface area contributed by atoms with E-state index < -0.39 is 0 Å². The zero-order valence-electron chi connectivity index (χ0n) is 16.9. The van der Waals surface area contributed by atoms with Crippen LogP contribution < -0.4 is 4.74 Å². The van der Waals surface area contributed by atoms with Crippen molar-refractivity contribution in [1.29, 1.82) is 0 Å². The van der Waals surface area contributed by atoms with Crippen LogP contribution in [0.3, 0.4) is 0 Å². The van der Waals surface area contributed by atoms with Gasteiger partial charge in [0.1, 0.15) is 12.4 Å². The van der Waals surface area contributed by atoms with Crippen molar-refractivity contribution in [3.05, 3.63) is 65.2 Å². The predicted octanol–water partition coefficient (Wildman–Crippen LogP) is 4.81. The van der Waals surface area contributed by atoms with Gasteiger partial charge in [-0.3, -0.25) is 9.80 Å². The van der Waals surface area contributed by atoms with Gasteiger partial charge in [0.2, 0.25) is 0 Å². The Morgan fingerprint density at radius 2 is 1.71 bits per heavy atom. The highest BCUT2D eigenvalue weighted by Gasteiger charge is 2.32. The van der Waals surface area contributed by atoms with Crippen LogP contribution in [-0.4, -0.2) is 42.1 Å². The number of hydrogen-bond donors (Lipinski definition) is 0. The Morgan fingerprint density at radius 1 is 0.857 bits per heavy atom. The Labute approximate surface area is 169 Å². The van der Waals surface area contributed by atoms with Crippen LogP contribution in [0.25, 0.3) is 0 Å². The summed E-state index contributed by atoms with van der Waals surface area (Å²) in [6, 6.07) is 18.8. The molecule has 2 unspecified atom stereocenters. The first kappa shape index (κ1) is 18.2. The summed E-state index contributed by atoms with van der Waals surface area (Å²) in [6.07, 6.45) is 7.69. The van der Waals surface area contributed by atoms with Gasteiger partial charge >= 0.3 is 0 Å². The van der Waals surface area contributed by atoms with Crippen LogP contribution in [0.2, 0.25) is 0 Å². The standard InChI is InChI=1S/C25H32N2O/c1-2-8-20(9-3-1)18-27-17-7-10-21(27)19-28-25-12-6-11-22-23(25)13-14-24(22)26-15-4-5-16-26/h1-3,6,8-9,11-12,21,24H,4-5,7,10,13-19H2. The molecule has 0 saturated carbocycles. The van der Waals surface area contributed by atoms with Crippen molar-refractivity contribution in [3.8, 4) is 5.75 Å². The van der Waals surface area contributed by atoms with E-state index in [0.29, 0.717) is 12.1 Å². The van der Waals surface area contributed by atoms with E-state index in [0.717, 1.165) is 18.9 Å². The lowest BCUT2D eigenvalue weighted by Gasteiger charge is -2.26. The molecule has 1 aliphatic carbocycles. The van der Waals surface area contributed by atoms with Crippen molar-refractivity contribution in [1.82, 2.24) is 9.80 Å². The highest BCUT2D eigenvalue weighted by molar-refractivity contribution is 5.45. The molecule has 0 radical (unpaired) electrons. The van der Waals surface area contributed by atoms with Crippen LogP contribution in [-0.2, 0) is 13.0 Å². The fourth-order valence-corrected chi connectivity index (χ4v) is 5.46. The lowest BCUT2D eigenvalue weighted by molar-refractivity contribution is 0.166. The third-order valence-corrected chi connectivity index (χ3v) is 6.94. The van der Waals surface area contributed by atoms with Crippen molar-refractivity contribution in [2.75, 3.05) is 26.2 Å². The highest BCUT2D eigenvalue weighted by atomic mass is 16.5. The predicted molar refractivity (Wildman–Crippen MR) is 114 cm³/mol. The highest BCUT2D eigenvalue weighted by Crippen LogP contribution is 2.41. The van der Waals surface area contributed by atoms with Crippen LogP contribution in [0.1, 0.15) is 54.8 Å². The minimum absolute atomic E-state index is 0.534. The fourth-order valence-electron chi connectivity index (χ4n) is 5.46. The monoisotopic (exact) mass is 376 g/mol. The Hall–Kier alpha value is -1.84. The van der Waals surface area contributed by atoms with Crippen molar-refractivity contribution >= 4 is 0 Å². The minimum atomic E-state index is 0.534. The topological polar surface area (TPSA) is 15.7 Å². The van der Waals surface area contributed by atoms with E-state index in [1.165, 1.54) is 74.8 Å². The van der Waals surface area contributed by atoms with Gasteiger partial charge in [0, 0.05) is 18.6 Å². The maximum atomic E-state index is 6.45. The minimum Gasteiger partial charge on any atom is -0.492 e. The molecule has 2 aliphatic heterocycles. The van der Waals surface area contributed by atoms with Gasteiger partial charge in [0.15, 0.2) is 0 Å². The second-order valence-corrected chi connectivity index (χ2v) is 8.68. The molecule has 148 valence electrons. The molecule has 3 aliphatic rings. The third kappa shape index (κ3) is 3.70. The van der Waals surface area contributed by atoms with Crippen molar-refractivity contribution in [2.45, 2.75) is 57.2 Å². The number of benzene rings is 2. The molecule has 2 fully saturated rings. The van der Waals surface area contributed by atoms with Crippen LogP contribution in [0.4, 0.5) is 0 Å². The number of ether oxygens (including phenoxy) is 1. The Bertz CT molecular complexity index is 784.